The Bertz CT molecular complexity index is 816. The van der Waals surface area contributed by atoms with Crippen molar-refractivity contribution in [3.05, 3.63) is 59.7 Å². The van der Waals surface area contributed by atoms with Gasteiger partial charge in [0, 0.05) is 5.56 Å². The number of nitrogens with zero attached hydrogens (tertiary/aromatic N) is 1. The minimum Gasteiger partial charge on any atom is -0.279 e. The molecule has 0 amide bonds. The molecule has 0 fully saturated rings. The van der Waals surface area contributed by atoms with Crippen LogP contribution in [0.2, 0.25) is 0 Å². The maximum Gasteiger partial charge on any atom is 0.417 e. The molecule has 0 unspecified atom stereocenters. The summed E-state index contributed by atoms with van der Waals surface area (Å²) in [6.07, 6.45) is -3.43. The van der Waals surface area contributed by atoms with E-state index in [1.54, 1.807) is 0 Å². The van der Waals surface area contributed by atoms with Crippen molar-refractivity contribution in [1.82, 2.24) is 0 Å². The van der Waals surface area contributed by atoms with Crippen molar-refractivity contribution in [2.75, 3.05) is 5.43 Å². The summed E-state index contributed by atoms with van der Waals surface area (Å²) in [6.45, 7) is 0. The van der Waals surface area contributed by atoms with Crippen molar-refractivity contribution in [2.24, 2.45) is 10.2 Å². The summed E-state index contributed by atoms with van der Waals surface area (Å²) < 4.78 is 60.6. The third-order valence-electron chi connectivity index (χ3n) is 2.85. The molecule has 0 aliphatic carbocycles. The van der Waals surface area contributed by atoms with E-state index in [1.807, 2.05) is 0 Å². The van der Waals surface area contributed by atoms with Gasteiger partial charge in [-0.05, 0) is 30.3 Å². The van der Waals surface area contributed by atoms with Crippen LogP contribution in [0.4, 0.5) is 18.9 Å². The lowest BCUT2D eigenvalue weighted by Gasteiger charge is -2.09. The van der Waals surface area contributed by atoms with Gasteiger partial charge in [0.2, 0.25) is 10.0 Å². The van der Waals surface area contributed by atoms with Gasteiger partial charge >= 0.3 is 6.18 Å². The molecule has 0 saturated carbocycles. The lowest BCUT2D eigenvalue weighted by molar-refractivity contribution is -0.137. The second-order valence-electron chi connectivity index (χ2n) is 4.52. The summed E-state index contributed by atoms with van der Waals surface area (Å²) in [6, 6.07) is 10.3. The van der Waals surface area contributed by atoms with Crippen LogP contribution >= 0.6 is 0 Å². The van der Waals surface area contributed by atoms with Gasteiger partial charge in [-0.1, -0.05) is 18.2 Å². The van der Waals surface area contributed by atoms with E-state index in [-0.39, 0.29) is 10.5 Å². The molecule has 0 aromatic heterocycles. The zero-order valence-electron chi connectivity index (χ0n) is 11.6. The van der Waals surface area contributed by atoms with Crippen molar-refractivity contribution in [3.63, 3.8) is 0 Å². The Hall–Kier alpha value is -2.39. The number of alkyl halides is 3. The number of benzene rings is 2. The van der Waals surface area contributed by atoms with Gasteiger partial charge < -0.3 is 0 Å². The summed E-state index contributed by atoms with van der Waals surface area (Å²) >= 11 is 0. The van der Waals surface area contributed by atoms with Gasteiger partial charge in [0.05, 0.1) is 22.4 Å². The Morgan fingerprint density at radius 3 is 2.22 bits per heavy atom. The first-order chi connectivity index (χ1) is 10.7. The number of rotatable bonds is 4. The summed E-state index contributed by atoms with van der Waals surface area (Å²) in [5, 5.41) is 8.68. The number of hydrazone groups is 1. The van der Waals surface area contributed by atoms with Crippen molar-refractivity contribution < 1.29 is 21.6 Å². The molecule has 2 rings (SSSR count). The third kappa shape index (κ3) is 4.54. The van der Waals surface area contributed by atoms with Crippen molar-refractivity contribution in [3.8, 4) is 0 Å². The standard InChI is InChI=1S/C14H12F3N3O2S/c15-14(16,17)13-4-2-1-3-10(13)9-19-20-11-5-7-12(8-6-11)23(18,21)22/h1-9,20H,(H2,18,21,22)/b19-9+. The summed E-state index contributed by atoms with van der Waals surface area (Å²) in [7, 11) is -3.80. The lowest BCUT2D eigenvalue weighted by Crippen LogP contribution is -2.11. The van der Waals surface area contributed by atoms with Gasteiger partial charge in [0.15, 0.2) is 0 Å². The first kappa shape index (κ1) is 17.0. The summed E-state index contributed by atoms with van der Waals surface area (Å²) in [5.74, 6) is 0. The van der Waals surface area contributed by atoms with Crippen LogP contribution in [0.5, 0.6) is 0 Å². The molecule has 5 nitrogen and oxygen atoms in total. The molecule has 3 N–H and O–H groups in total. The van der Waals surface area contributed by atoms with E-state index in [4.69, 9.17) is 5.14 Å². The maximum atomic E-state index is 12.8. The Balaban J connectivity index is 2.14. The minimum absolute atomic E-state index is 0.0746. The third-order valence-corrected chi connectivity index (χ3v) is 3.78. The Kier molecular flexibility index (Phi) is 4.71. The lowest BCUT2D eigenvalue weighted by atomic mass is 10.1. The smallest absolute Gasteiger partial charge is 0.279 e. The molecule has 2 aromatic rings. The predicted octanol–water partition coefficient (Wildman–Crippen LogP) is 2.80. The molecular weight excluding hydrogens is 331 g/mol. The average Bonchev–Trinajstić information content (AvgIpc) is 2.46. The number of hydrogen-bond acceptors (Lipinski definition) is 4. The number of nitrogens with two attached hydrogens (primary N) is 1. The molecule has 0 bridgehead atoms. The van der Waals surface area contributed by atoms with Crippen LogP contribution in [0.3, 0.4) is 0 Å². The van der Waals surface area contributed by atoms with Crippen LogP contribution in [0.1, 0.15) is 11.1 Å². The Labute approximate surface area is 130 Å². The second-order valence-corrected chi connectivity index (χ2v) is 6.09. The highest BCUT2D eigenvalue weighted by Gasteiger charge is 2.32. The van der Waals surface area contributed by atoms with Gasteiger partial charge in [-0.15, -0.1) is 0 Å². The fourth-order valence-corrected chi connectivity index (χ4v) is 2.28. The largest absolute Gasteiger partial charge is 0.417 e. The van der Waals surface area contributed by atoms with Crippen LogP contribution in [0, 0.1) is 0 Å². The molecule has 0 saturated heterocycles. The van der Waals surface area contributed by atoms with Crippen LogP contribution < -0.4 is 10.6 Å². The second kappa shape index (κ2) is 6.39. The van der Waals surface area contributed by atoms with Gasteiger partial charge in [0.25, 0.3) is 0 Å². The van der Waals surface area contributed by atoms with Crippen LogP contribution in [0.15, 0.2) is 58.5 Å². The van der Waals surface area contributed by atoms with Crippen molar-refractivity contribution >= 4 is 21.9 Å². The van der Waals surface area contributed by atoms with E-state index < -0.39 is 21.8 Å². The molecular formula is C14H12F3N3O2S. The molecule has 122 valence electrons. The first-order valence-corrected chi connectivity index (χ1v) is 7.81. The molecule has 9 heteroatoms. The van der Waals surface area contributed by atoms with Crippen LogP contribution in [0.25, 0.3) is 0 Å². The zero-order valence-corrected chi connectivity index (χ0v) is 12.4. The number of sulfonamides is 1. The van der Waals surface area contributed by atoms with Crippen molar-refractivity contribution in [2.45, 2.75) is 11.1 Å². The van der Waals surface area contributed by atoms with Crippen LogP contribution in [-0.4, -0.2) is 14.6 Å². The monoisotopic (exact) mass is 343 g/mol. The molecule has 0 radical (unpaired) electrons. The molecule has 2 aromatic carbocycles. The predicted molar refractivity (Wildman–Crippen MR) is 80.5 cm³/mol. The average molecular weight is 343 g/mol. The molecule has 0 spiro atoms. The van der Waals surface area contributed by atoms with E-state index >= 15 is 0 Å². The number of hydrogen-bond donors (Lipinski definition) is 2. The van der Waals surface area contributed by atoms with Gasteiger partial charge in [0.1, 0.15) is 0 Å². The highest BCUT2D eigenvalue weighted by molar-refractivity contribution is 7.89. The SMILES string of the molecule is NS(=O)(=O)c1ccc(N/N=C/c2ccccc2C(F)(F)F)cc1. The van der Waals surface area contributed by atoms with Gasteiger partial charge in [-0.2, -0.15) is 18.3 Å². The van der Waals surface area contributed by atoms with E-state index in [0.717, 1.165) is 12.3 Å². The molecule has 0 aliphatic rings. The number of halogens is 3. The highest BCUT2D eigenvalue weighted by atomic mass is 32.2. The van der Waals surface area contributed by atoms with Gasteiger partial charge in [-0.25, -0.2) is 13.6 Å². The highest BCUT2D eigenvalue weighted by Crippen LogP contribution is 2.31. The van der Waals surface area contributed by atoms with Crippen molar-refractivity contribution in [1.29, 1.82) is 0 Å². The van der Waals surface area contributed by atoms with E-state index in [0.29, 0.717) is 5.69 Å². The Morgan fingerprint density at radius 1 is 1.04 bits per heavy atom. The van der Waals surface area contributed by atoms with Gasteiger partial charge in [-0.3, -0.25) is 5.43 Å². The fourth-order valence-electron chi connectivity index (χ4n) is 1.76. The number of primary sulfonamides is 1. The summed E-state index contributed by atoms with van der Waals surface area (Å²) in [4.78, 5) is -0.0746. The quantitative estimate of drug-likeness (QED) is 0.661. The normalized spacial score (nSPS) is 12.5. The number of anilines is 1. The van der Waals surface area contributed by atoms with E-state index in [9.17, 15) is 21.6 Å². The molecule has 0 heterocycles. The minimum atomic E-state index is -4.47. The molecule has 0 atom stereocenters. The topological polar surface area (TPSA) is 84.5 Å². The molecule has 23 heavy (non-hydrogen) atoms. The fraction of sp³-hybridized carbons (Fsp3) is 0.0714. The maximum absolute atomic E-state index is 12.8. The zero-order chi connectivity index (χ0) is 17.1. The number of nitrogens with one attached hydrogen (secondary N) is 1. The first-order valence-electron chi connectivity index (χ1n) is 6.26. The summed E-state index contributed by atoms with van der Waals surface area (Å²) in [5.41, 5.74) is 2.03. The van der Waals surface area contributed by atoms with E-state index in [2.05, 4.69) is 10.5 Å². The van der Waals surface area contributed by atoms with Crippen LogP contribution in [-0.2, 0) is 16.2 Å². The Morgan fingerprint density at radius 2 is 1.65 bits per heavy atom. The van der Waals surface area contributed by atoms with E-state index in [1.165, 1.54) is 42.5 Å². The molecule has 0 aliphatic heterocycles.